The Labute approximate surface area is 213 Å². The van der Waals surface area contributed by atoms with Crippen molar-refractivity contribution in [1.29, 1.82) is 0 Å². The van der Waals surface area contributed by atoms with Crippen molar-refractivity contribution >= 4 is 29.4 Å². The Bertz CT molecular complexity index is 1300. The summed E-state index contributed by atoms with van der Waals surface area (Å²) < 4.78 is 7.48. The van der Waals surface area contributed by atoms with Crippen LogP contribution in [0.2, 0.25) is 0 Å². The predicted octanol–water partition coefficient (Wildman–Crippen LogP) is 5.64. The van der Waals surface area contributed by atoms with Gasteiger partial charge in [0.05, 0.1) is 16.1 Å². The number of nitro benzene ring substituents is 1. The molecule has 186 valence electrons. The summed E-state index contributed by atoms with van der Waals surface area (Å²) in [6, 6.07) is 15.6. The number of ether oxygens (including phenoxy) is 1. The standard InChI is InChI=1S/C26H27N5O4S/c1-17-22(24(32)35-19-12-6-3-7-13-19)23(20-14-8-9-15-21(20)31(33)34)30-25(27-17)28-26(29-30)36-16-18-10-4-2-5-11-18/h2,4-5,8-11,14-15,19,23H,3,6-7,12-13,16H2,1H3,(H,27,28,29). The van der Waals surface area contributed by atoms with E-state index < -0.39 is 16.9 Å². The van der Waals surface area contributed by atoms with Crippen LogP contribution >= 0.6 is 11.8 Å². The van der Waals surface area contributed by atoms with Gasteiger partial charge in [0.1, 0.15) is 12.1 Å². The highest BCUT2D eigenvalue weighted by atomic mass is 32.2. The number of benzene rings is 2. The smallest absolute Gasteiger partial charge is 0.338 e. The third kappa shape index (κ3) is 4.99. The normalized spacial score (nSPS) is 17.9. The van der Waals surface area contributed by atoms with Crippen LogP contribution in [0.15, 0.2) is 71.0 Å². The number of aromatic nitrogens is 3. The number of carbonyl (C=O) groups is 1. The molecule has 36 heavy (non-hydrogen) atoms. The third-order valence-electron chi connectivity index (χ3n) is 6.52. The minimum Gasteiger partial charge on any atom is -0.459 e. The highest BCUT2D eigenvalue weighted by Gasteiger charge is 2.39. The van der Waals surface area contributed by atoms with Crippen LogP contribution < -0.4 is 5.32 Å². The highest BCUT2D eigenvalue weighted by molar-refractivity contribution is 7.98. The summed E-state index contributed by atoms with van der Waals surface area (Å²) in [5.41, 5.74) is 2.28. The fourth-order valence-electron chi connectivity index (χ4n) is 4.75. The van der Waals surface area contributed by atoms with Gasteiger partial charge >= 0.3 is 5.97 Å². The second-order valence-electron chi connectivity index (χ2n) is 8.98. The Kier molecular flexibility index (Phi) is 7.04. The summed E-state index contributed by atoms with van der Waals surface area (Å²) in [6.45, 7) is 1.77. The number of para-hydroxylation sites is 1. The van der Waals surface area contributed by atoms with Gasteiger partial charge in [-0.1, -0.05) is 60.6 Å². The Morgan fingerprint density at radius 3 is 2.61 bits per heavy atom. The molecule has 1 fully saturated rings. The maximum Gasteiger partial charge on any atom is 0.338 e. The van der Waals surface area contributed by atoms with E-state index in [1.54, 1.807) is 29.8 Å². The van der Waals surface area contributed by atoms with E-state index in [2.05, 4.69) is 15.4 Å². The lowest BCUT2D eigenvalue weighted by Crippen LogP contribution is -2.32. The van der Waals surface area contributed by atoms with Gasteiger partial charge in [0.25, 0.3) is 5.69 Å². The molecule has 0 amide bonds. The van der Waals surface area contributed by atoms with Gasteiger partial charge in [0.15, 0.2) is 0 Å². The molecule has 0 spiro atoms. The zero-order valence-corrected chi connectivity index (χ0v) is 20.7. The predicted molar refractivity (Wildman–Crippen MR) is 137 cm³/mol. The van der Waals surface area contributed by atoms with Crippen molar-refractivity contribution < 1.29 is 14.5 Å². The average molecular weight is 506 g/mol. The van der Waals surface area contributed by atoms with Gasteiger partial charge in [-0.05, 0) is 44.2 Å². The number of esters is 1. The van der Waals surface area contributed by atoms with Crippen LogP contribution in [0.1, 0.15) is 56.2 Å². The molecular weight excluding hydrogens is 478 g/mol. The summed E-state index contributed by atoms with van der Waals surface area (Å²) in [6.07, 6.45) is 4.70. The number of thioether (sulfide) groups is 1. The number of hydrogen-bond acceptors (Lipinski definition) is 8. The molecule has 2 aromatic carbocycles. The molecular formula is C26H27N5O4S. The molecule has 0 saturated heterocycles. The van der Waals surface area contributed by atoms with E-state index >= 15 is 0 Å². The Balaban J connectivity index is 1.52. The average Bonchev–Trinajstić information content (AvgIpc) is 3.30. The van der Waals surface area contributed by atoms with E-state index in [1.165, 1.54) is 17.8 Å². The van der Waals surface area contributed by atoms with E-state index in [0.717, 1.165) is 37.7 Å². The molecule has 5 rings (SSSR count). The van der Waals surface area contributed by atoms with E-state index in [9.17, 15) is 14.9 Å². The molecule has 1 aromatic heterocycles. The molecule has 0 radical (unpaired) electrons. The Morgan fingerprint density at radius 2 is 1.86 bits per heavy atom. The van der Waals surface area contributed by atoms with E-state index in [4.69, 9.17) is 4.74 Å². The lowest BCUT2D eigenvalue weighted by molar-refractivity contribution is -0.385. The molecule has 10 heteroatoms. The van der Waals surface area contributed by atoms with Crippen LogP contribution in [0.25, 0.3) is 0 Å². The summed E-state index contributed by atoms with van der Waals surface area (Å²) in [5, 5.41) is 20.3. The fourth-order valence-corrected chi connectivity index (χ4v) is 5.53. The molecule has 1 unspecified atom stereocenters. The summed E-state index contributed by atoms with van der Waals surface area (Å²) in [4.78, 5) is 29.6. The zero-order chi connectivity index (χ0) is 25.1. The first-order valence-corrected chi connectivity index (χ1v) is 13.0. The van der Waals surface area contributed by atoms with Crippen LogP contribution in [-0.4, -0.2) is 31.8 Å². The molecule has 1 aliphatic carbocycles. The number of rotatable bonds is 7. The van der Waals surface area contributed by atoms with Crippen LogP contribution in [0, 0.1) is 10.1 Å². The van der Waals surface area contributed by atoms with Crippen molar-refractivity contribution in [3.8, 4) is 0 Å². The van der Waals surface area contributed by atoms with Gasteiger partial charge in [-0.3, -0.25) is 10.1 Å². The minimum atomic E-state index is -0.836. The van der Waals surface area contributed by atoms with Crippen LogP contribution in [0.5, 0.6) is 0 Å². The maximum absolute atomic E-state index is 13.5. The molecule has 2 aliphatic rings. The van der Waals surface area contributed by atoms with E-state index in [1.807, 2.05) is 30.3 Å². The molecule has 1 N–H and O–H groups in total. The number of anilines is 1. The minimum absolute atomic E-state index is 0.0832. The number of hydrogen-bond donors (Lipinski definition) is 1. The first kappa shape index (κ1) is 24.1. The number of allylic oxidation sites excluding steroid dienone is 1. The molecule has 9 nitrogen and oxygen atoms in total. The molecule has 0 bridgehead atoms. The van der Waals surface area contributed by atoms with Crippen LogP contribution in [-0.2, 0) is 15.3 Å². The number of nitrogens with one attached hydrogen (secondary N) is 1. The van der Waals surface area contributed by atoms with E-state index in [0.29, 0.717) is 33.7 Å². The van der Waals surface area contributed by atoms with E-state index in [-0.39, 0.29) is 11.8 Å². The fraction of sp³-hybridized carbons (Fsp3) is 0.346. The molecule has 2 heterocycles. The highest BCUT2D eigenvalue weighted by Crippen LogP contribution is 2.40. The number of nitrogens with zero attached hydrogens (tertiary/aromatic N) is 4. The lowest BCUT2D eigenvalue weighted by atomic mass is 9.94. The summed E-state index contributed by atoms with van der Waals surface area (Å²) in [7, 11) is 0. The molecule has 3 aromatic rings. The van der Waals surface area contributed by atoms with Gasteiger partial charge in [-0.25, -0.2) is 9.48 Å². The maximum atomic E-state index is 13.5. The molecule has 1 aliphatic heterocycles. The van der Waals surface area contributed by atoms with Gasteiger partial charge in [0, 0.05) is 17.5 Å². The lowest BCUT2D eigenvalue weighted by Gasteiger charge is -2.29. The quantitative estimate of drug-likeness (QED) is 0.190. The first-order chi connectivity index (χ1) is 17.5. The molecule has 1 atom stereocenters. The van der Waals surface area contributed by atoms with Crippen molar-refractivity contribution in [3.63, 3.8) is 0 Å². The number of nitro groups is 1. The summed E-state index contributed by atoms with van der Waals surface area (Å²) in [5.74, 6) is 0.624. The summed E-state index contributed by atoms with van der Waals surface area (Å²) >= 11 is 1.46. The van der Waals surface area contributed by atoms with Gasteiger partial charge in [0.2, 0.25) is 11.1 Å². The zero-order valence-electron chi connectivity index (χ0n) is 19.9. The first-order valence-electron chi connectivity index (χ1n) is 12.1. The van der Waals surface area contributed by atoms with Crippen LogP contribution in [0.4, 0.5) is 11.6 Å². The SMILES string of the molecule is CC1=C(C(=O)OC2CCCCC2)C(c2ccccc2[N+](=O)[O-])n2nc(SCc3ccccc3)nc2N1. The third-order valence-corrected chi connectivity index (χ3v) is 7.43. The largest absolute Gasteiger partial charge is 0.459 e. The number of fused-ring (bicyclic) bond motifs is 1. The monoisotopic (exact) mass is 505 g/mol. The van der Waals surface area contributed by atoms with Gasteiger partial charge in [-0.15, -0.1) is 5.10 Å². The van der Waals surface area contributed by atoms with Gasteiger partial charge < -0.3 is 10.1 Å². The second kappa shape index (κ2) is 10.5. The van der Waals surface area contributed by atoms with Crippen molar-refractivity contribution in [2.45, 2.75) is 62.1 Å². The van der Waals surface area contributed by atoms with Crippen molar-refractivity contribution in [2.24, 2.45) is 0 Å². The van der Waals surface area contributed by atoms with Crippen molar-refractivity contribution in [1.82, 2.24) is 14.8 Å². The van der Waals surface area contributed by atoms with Crippen LogP contribution in [0.3, 0.4) is 0 Å². The Morgan fingerprint density at radius 1 is 1.14 bits per heavy atom. The molecule has 1 saturated carbocycles. The topological polar surface area (TPSA) is 112 Å². The number of carbonyl (C=O) groups excluding carboxylic acids is 1. The van der Waals surface area contributed by atoms with Crippen molar-refractivity contribution in [2.75, 3.05) is 5.32 Å². The van der Waals surface area contributed by atoms with Gasteiger partial charge in [-0.2, -0.15) is 4.98 Å². The van der Waals surface area contributed by atoms with Crippen molar-refractivity contribution in [3.05, 3.63) is 87.1 Å². The Hall–Kier alpha value is -3.66. The second-order valence-corrected chi connectivity index (χ2v) is 9.93.